The summed E-state index contributed by atoms with van der Waals surface area (Å²) in [6.07, 6.45) is 4.45. The highest BCUT2D eigenvalue weighted by Gasteiger charge is 2.23. The molecule has 2 heterocycles. The summed E-state index contributed by atoms with van der Waals surface area (Å²) in [4.78, 5) is 0. The van der Waals surface area contributed by atoms with E-state index in [4.69, 9.17) is 10.5 Å². The molecule has 2 aromatic rings. The third kappa shape index (κ3) is 4.84. The molecule has 0 amide bonds. The zero-order valence-corrected chi connectivity index (χ0v) is 16.0. The van der Waals surface area contributed by atoms with Crippen LogP contribution in [-0.4, -0.2) is 27.5 Å². The van der Waals surface area contributed by atoms with Gasteiger partial charge in [-0.05, 0) is 31.7 Å². The number of rotatable bonds is 8. The molecular weight excluding hydrogens is 332 g/mol. The maximum atomic E-state index is 6.35. The summed E-state index contributed by atoms with van der Waals surface area (Å²) in [6.45, 7) is 5.93. The van der Waals surface area contributed by atoms with E-state index in [1.807, 2.05) is 0 Å². The fraction of sp³-hybridized carbons (Fsp3) is 0.579. The molecule has 1 aliphatic rings. The molecule has 136 valence electrons. The van der Waals surface area contributed by atoms with Crippen molar-refractivity contribution in [3.8, 4) is 0 Å². The van der Waals surface area contributed by atoms with Crippen LogP contribution in [0.4, 0.5) is 0 Å². The Hall–Kier alpha value is -1.37. The molecule has 1 aliphatic heterocycles. The van der Waals surface area contributed by atoms with Crippen molar-refractivity contribution in [1.82, 2.24) is 14.8 Å². The van der Waals surface area contributed by atoms with E-state index < -0.39 is 0 Å². The molecule has 2 N–H and O–H groups in total. The first-order valence-corrected chi connectivity index (χ1v) is 10.1. The number of hydrogen-bond acceptors (Lipinski definition) is 5. The molecule has 3 rings (SSSR count). The Morgan fingerprint density at radius 2 is 2.28 bits per heavy atom. The van der Waals surface area contributed by atoms with E-state index >= 15 is 0 Å². The number of nitrogens with zero attached hydrogens (tertiary/aromatic N) is 3. The number of benzene rings is 1. The minimum Gasteiger partial charge on any atom is -0.376 e. The summed E-state index contributed by atoms with van der Waals surface area (Å²) in [5.41, 5.74) is 8.93. The van der Waals surface area contributed by atoms with Crippen LogP contribution in [0, 0.1) is 6.92 Å². The average Bonchev–Trinajstić information content (AvgIpc) is 3.24. The van der Waals surface area contributed by atoms with Crippen LogP contribution in [-0.2, 0) is 17.0 Å². The van der Waals surface area contributed by atoms with Crippen molar-refractivity contribution < 1.29 is 4.74 Å². The van der Waals surface area contributed by atoms with Crippen LogP contribution in [0.3, 0.4) is 0 Å². The van der Waals surface area contributed by atoms with E-state index in [9.17, 15) is 0 Å². The highest BCUT2D eigenvalue weighted by atomic mass is 32.2. The lowest BCUT2D eigenvalue weighted by Crippen LogP contribution is -2.22. The van der Waals surface area contributed by atoms with E-state index in [0.29, 0.717) is 0 Å². The second-order valence-electron chi connectivity index (χ2n) is 6.76. The first kappa shape index (κ1) is 18.4. The van der Waals surface area contributed by atoms with Crippen molar-refractivity contribution in [3.63, 3.8) is 0 Å². The molecule has 6 heteroatoms. The maximum Gasteiger partial charge on any atom is 0.191 e. The summed E-state index contributed by atoms with van der Waals surface area (Å²) in [5, 5.41) is 9.80. The second-order valence-corrected chi connectivity index (χ2v) is 7.70. The van der Waals surface area contributed by atoms with Gasteiger partial charge in [0.05, 0.1) is 18.7 Å². The van der Waals surface area contributed by atoms with Crippen LogP contribution < -0.4 is 5.73 Å². The molecule has 0 radical (unpaired) electrons. The molecule has 1 saturated heterocycles. The molecular formula is C19H28N4OS. The van der Waals surface area contributed by atoms with Crippen molar-refractivity contribution in [2.45, 2.75) is 69.1 Å². The van der Waals surface area contributed by atoms with Gasteiger partial charge in [-0.15, -0.1) is 10.2 Å². The maximum absolute atomic E-state index is 6.35. The minimum atomic E-state index is -0.0628. The Labute approximate surface area is 154 Å². The van der Waals surface area contributed by atoms with Crippen LogP contribution in [0.1, 0.15) is 55.6 Å². The van der Waals surface area contributed by atoms with Crippen LogP contribution >= 0.6 is 11.8 Å². The van der Waals surface area contributed by atoms with Gasteiger partial charge >= 0.3 is 0 Å². The van der Waals surface area contributed by atoms with Crippen molar-refractivity contribution in [2.75, 3.05) is 6.61 Å². The number of ether oxygens (including phenoxy) is 1. The van der Waals surface area contributed by atoms with Gasteiger partial charge in [0.1, 0.15) is 0 Å². The van der Waals surface area contributed by atoms with Gasteiger partial charge in [0.2, 0.25) is 0 Å². The van der Waals surface area contributed by atoms with Gasteiger partial charge in [-0.25, -0.2) is 0 Å². The fourth-order valence-corrected chi connectivity index (χ4v) is 4.13. The zero-order valence-electron chi connectivity index (χ0n) is 15.1. The smallest absolute Gasteiger partial charge is 0.191 e. The highest BCUT2D eigenvalue weighted by molar-refractivity contribution is 7.98. The summed E-state index contributed by atoms with van der Waals surface area (Å²) in [7, 11) is 0. The van der Waals surface area contributed by atoms with Gasteiger partial charge in [0.25, 0.3) is 0 Å². The highest BCUT2D eigenvalue weighted by Crippen LogP contribution is 2.27. The van der Waals surface area contributed by atoms with Gasteiger partial charge in [-0.3, -0.25) is 0 Å². The number of hydrogen-bond donors (Lipinski definition) is 1. The standard InChI is InChI=1S/C19H28N4OS/c1-3-6-17(20)18-21-22-19(23(18)12-16-9-5-10-24-16)25-13-15-8-4-7-14(2)11-15/h4,7-8,11,16-17H,3,5-6,9-10,12-13,20H2,1-2H3. The summed E-state index contributed by atoms with van der Waals surface area (Å²) < 4.78 is 8.02. The molecule has 2 atom stereocenters. The Balaban J connectivity index is 1.76. The Kier molecular flexibility index (Phi) is 6.51. The molecule has 5 nitrogen and oxygen atoms in total. The quantitative estimate of drug-likeness (QED) is 0.724. The largest absolute Gasteiger partial charge is 0.376 e. The molecule has 0 spiro atoms. The summed E-state index contributed by atoms with van der Waals surface area (Å²) in [5.74, 6) is 1.78. The molecule has 1 fully saturated rings. The Morgan fingerprint density at radius 3 is 3.00 bits per heavy atom. The molecule has 1 aromatic carbocycles. The average molecular weight is 361 g/mol. The molecule has 0 saturated carbocycles. The van der Waals surface area contributed by atoms with E-state index in [0.717, 1.165) is 55.6 Å². The number of aromatic nitrogens is 3. The number of thioether (sulfide) groups is 1. The summed E-state index contributed by atoms with van der Waals surface area (Å²) >= 11 is 1.73. The predicted octanol–water partition coefficient (Wildman–Crippen LogP) is 3.86. The lowest BCUT2D eigenvalue weighted by atomic mass is 10.1. The monoisotopic (exact) mass is 360 g/mol. The van der Waals surface area contributed by atoms with Gasteiger partial charge < -0.3 is 15.0 Å². The second kappa shape index (κ2) is 8.83. The van der Waals surface area contributed by atoms with Crippen LogP contribution in [0.15, 0.2) is 29.4 Å². The lowest BCUT2D eigenvalue weighted by Gasteiger charge is -2.17. The molecule has 0 aliphatic carbocycles. The Morgan fingerprint density at radius 1 is 1.40 bits per heavy atom. The Bertz CT molecular complexity index is 682. The van der Waals surface area contributed by atoms with Crippen LogP contribution in [0.25, 0.3) is 0 Å². The molecule has 2 unspecified atom stereocenters. The van der Waals surface area contributed by atoms with Crippen LogP contribution in [0.5, 0.6) is 0 Å². The third-order valence-corrected chi connectivity index (χ3v) is 5.58. The summed E-state index contributed by atoms with van der Waals surface area (Å²) in [6, 6.07) is 8.54. The normalized spacial score (nSPS) is 18.6. The van der Waals surface area contributed by atoms with E-state index in [-0.39, 0.29) is 12.1 Å². The van der Waals surface area contributed by atoms with Gasteiger partial charge in [-0.2, -0.15) is 0 Å². The molecule has 1 aromatic heterocycles. The lowest BCUT2D eigenvalue weighted by molar-refractivity contribution is 0.0938. The molecule has 25 heavy (non-hydrogen) atoms. The van der Waals surface area contributed by atoms with Crippen molar-refractivity contribution in [1.29, 1.82) is 0 Å². The molecule has 0 bridgehead atoms. The van der Waals surface area contributed by atoms with Crippen LogP contribution in [0.2, 0.25) is 0 Å². The van der Waals surface area contributed by atoms with Crippen molar-refractivity contribution >= 4 is 11.8 Å². The SMILES string of the molecule is CCCC(N)c1nnc(SCc2cccc(C)c2)n1CC1CCCO1. The fourth-order valence-electron chi connectivity index (χ4n) is 3.23. The topological polar surface area (TPSA) is 66.0 Å². The first-order chi connectivity index (χ1) is 12.2. The predicted molar refractivity (Wildman–Crippen MR) is 102 cm³/mol. The van der Waals surface area contributed by atoms with Gasteiger partial charge in [-0.1, -0.05) is 54.9 Å². The van der Waals surface area contributed by atoms with E-state index in [1.165, 1.54) is 11.1 Å². The van der Waals surface area contributed by atoms with E-state index in [2.05, 4.69) is 52.9 Å². The third-order valence-electron chi connectivity index (χ3n) is 4.54. The number of nitrogens with two attached hydrogens (primary N) is 1. The van der Waals surface area contributed by atoms with Crippen molar-refractivity contribution in [3.05, 3.63) is 41.2 Å². The van der Waals surface area contributed by atoms with Gasteiger partial charge in [0.15, 0.2) is 11.0 Å². The van der Waals surface area contributed by atoms with Gasteiger partial charge in [0, 0.05) is 12.4 Å². The van der Waals surface area contributed by atoms with Crippen molar-refractivity contribution in [2.24, 2.45) is 5.73 Å². The zero-order chi connectivity index (χ0) is 17.6. The minimum absolute atomic E-state index is 0.0628. The van der Waals surface area contributed by atoms with E-state index in [1.54, 1.807) is 11.8 Å². The first-order valence-electron chi connectivity index (χ1n) is 9.16. The number of aryl methyl sites for hydroxylation is 1.